The summed E-state index contributed by atoms with van der Waals surface area (Å²) in [5, 5.41) is 3.33. The standard InChI is InChI=1S/C22H28N4O4S/c1-5-10-26-19(28)16-7-6-14(13-17(16)24-20(26)31)18(27)25-11-8-15(9-12-25)23-21(29)30-22(2,3)4/h5-7,13,15H,1,8-12H2,2-4H3,(H,23,29)(H,24,31). The highest BCUT2D eigenvalue weighted by Crippen LogP contribution is 2.17. The van der Waals surface area contributed by atoms with Crippen molar-refractivity contribution in [2.24, 2.45) is 0 Å². The number of nitrogens with zero attached hydrogens (tertiary/aromatic N) is 2. The SMILES string of the molecule is C=CCn1c(=S)[nH]c2cc(C(=O)N3CCC(NC(=O)OC(C)(C)C)CC3)ccc2c1=O. The number of rotatable bonds is 4. The maximum absolute atomic E-state index is 13.0. The number of nitrogens with one attached hydrogen (secondary N) is 2. The van der Waals surface area contributed by atoms with E-state index in [1.54, 1.807) is 29.2 Å². The van der Waals surface area contributed by atoms with Crippen LogP contribution in [0.4, 0.5) is 4.79 Å². The van der Waals surface area contributed by atoms with E-state index in [9.17, 15) is 14.4 Å². The van der Waals surface area contributed by atoms with E-state index in [0.29, 0.717) is 48.9 Å². The molecule has 2 amide bonds. The summed E-state index contributed by atoms with van der Waals surface area (Å²) >= 11 is 5.27. The van der Waals surface area contributed by atoms with Gasteiger partial charge in [0.25, 0.3) is 11.5 Å². The number of carbonyl (C=O) groups excluding carboxylic acids is 2. The molecule has 0 atom stereocenters. The molecule has 0 saturated carbocycles. The number of hydrogen-bond acceptors (Lipinski definition) is 5. The first kappa shape index (κ1) is 22.7. The van der Waals surface area contributed by atoms with Gasteiger partial charge in [-0.25, -0.2) is 4.79 Å². The third-order valence-electron chi connectivity index (χ3n) is 5.04. The topological polar surface area (TPSA) is 96.4 Å². The minimum atomic E-state index is -0.548. The van der Waals surface area contributed by atoms with Crippen LogP contribution in [0.1, 0.15) is 44.0 Å². The maximum atomic E-state index is 13.0. The van der Waals surface area contributed by atoms with Gasteiger partial charge in [-0.1, -0.05) is 6.08 Å². The molecule has 3 rings (SSSR count). The smallest absolute Gasteiger partial charge is 0.407 e. The van der Waals surface area contributed by atoms with Crippen molar-refractivity contribution in [2.45, 2.75) is 51.8 Å². The molecule has 31 heavy (non-hydrogen) atoms. The number of hydrogen-bond donors (Lipinski definition) is 2. The van der Waals surface area contributed by atoms with Crippen LogP contribution in [0.5, 0.6) is 0 Å². The predicted octanol–water partition coefficient (Wildman–Crippen LogP) is 3.37. The fourth-order valence-corrected chi connectivity index (χ4v) is 3.83. The van der Waals surface area contributed by atoms with Gasteiger partial charge in [-0.05, 0) is 64.0 Å². The first-order valence-corrected chi connectivity index (χ1v) is 10.7. The quantitative estimate of drug-likeness (QED) is 0.557. The Morgan fingerprint density at radius 3 is 2.61 bits per heavy atom. The first-order valence-electron chi connectivity index (χ1n) is 10.3. The Labute approximate surface area is 185 Å². The summed E-state index contributed by atoms with van der Waals surface area (Å²) in [5.74, 6) is -0.118. The van der Waals surface area contributed by atoms with Crippen molar-refractivity contribution in [3.63, 3.8) is 0 Å². The summed E-state index contributed by atoms with van der Waals surface area (Å²) < 4.78 is 7.01. The molecule has 1 aromatic heterocycles. The molecule has 1 aliphatic rings. The number of carbonyl (C=O) groups is 2. The van der Waals surface area contributed by atoms with Crippen molar-refractivity contribution in [3.8, 4) is 0 Å². The Hall–Kier alpha value is -2.94. The van der Waals surface area contributed by atoms with Gasteiger partial charge in [-0.2, -0.15) is 0 Å². The van der Waals surface area contributed by atoms with E-state index in [1.807, 2.05) is 20.8 Å². The van der Waals surface area contributed by atoms with Gasteiger partial charge in [-0.15, -0.1) is 6.58 Å². The second-order valence-corrected chi connectivity index (χ2v) is 8.99. The summed E-state index contributed by atoms with van der Waals surface area (Å²) in [6.45, 7) is 10.5. The molecule has 0 spiro atoms. The van der Waals surface area contributed by atoms with Crippen molar-refractivity contribution in [2.75, 3.05) is 13.1 Å². The van der Waals surface area contributed by atoms with E-state index in [-0.39, 0.29) is 22.3 Å². The van der Waals surface area contributed by atoms with E-state index < -0.39 is 11.7 Å². The Morgan fingerprint density at radius 1 is 1.32 bits per heavy atom. The minimum Gasteiger partial charge on any atom is -0.444 e. The number of piperidine rings is 1. The van der Waals surface area contributed by atoms with Crippen LogP contribution in [0.2, 0.25) is 0 Å². The predicted molar refractivity (Wildman–Crippen MR) is 122 cm³/mol. The zero-order valence-corrected chi connectivity index (χ0v) is 18.9. The number of allylic oxidation sites excluding steroid dienone is 1. The van der Waals surface area contributed by atoms with Crippen LogP contribution in [0.15, 0.2) is 35.6 Å². The van der Waals surface area contributed by atoms with Gasteiger partial charge in [0.15, 0.2) is 4.77 Å². The van der Waals surface area contributed by atoms with Crippen molar-refractivity contribution < 1.29 is 14.3 Å². The van der Waals surface area contributed by atoms with Crippen molar-refractivity contribution in [3.05, 3.63) is 51.5 Å². The summed E-state index contributed by atoms with van der Waals surface area (Å²) in [4.78, 5) is 42.3. The molecule has 0 bridgehead atoms. The average Bonchev–Trinajstić information content (AvgIpc) is 2.69. The largest absolute Gasteiger partial charge is 0.444 e. The van der Waals surface area contributed by atoms with Gasteiger partial charge in [0, 0.05) is 31.2 Å². The normalized spacial score (nSPS) is 15.0. The molecular weight excluding hydrogens is 416 g/mol. The van der Waals surface area contributed by atoms with Crippen molar-refractivity contribution in [1.29, 1.82) is 0 Å². The Morgan fingerprint density at radius 2 is 2.00 bits per heavy atom. The number of aromatic amines is 1. The second-order valence-electron chi connectivity index (χ2n) is 8.61. The molecule has 1 aromatic carbocycles. The lowest BCUT2D eigenvalue weighted by atomic mass is 10.0. The zero-order chi connectivity index (χ0) is 22.8. The minimum absolute atomic E-state index is 0.0325. The molecule has 2 aromatic rings. The number of aromatic nitrogens is 2. The molecule has 2 heterocycles. The molecule has 1 fully saturated rings. The van der Waals surface area contributed by atoms with E-state index in [1.165, 1.54) is 4.57 Å². The Balaban J connectivity index is 1.69. The number of likely N-dealkylation sites (tertiary alicyclic amines) is 1. The van der Waals surface area contributed by atoms with E-state index >= 15 is 0 Å². The van der Waals surface area contributed by atoms with Gasteiger partial charge in [-0.3, -0.25) is 14.2 Å². The summed E-state index contributed by atoms with van der Waals surface area (Å²) in [6.07, 6.45) is 2.46. The van der Waals surface area contributed by atoms with Crippen LogP contribution in [-0.4, -0.2) is 51.2 Å². The zero-order valence-electron chi connectivity index (χ0n) is 18.1. The first-order chi connectivity index (χ1) is 14.6. The molecular formula is C22H28N4O4S. The number of benzene rings is 1. The van der Waals surface area contributed by atoms with Crippen molar-refractivity contribution in [1.82, 2.24) is 19.8 Å². The molecule has 9 heteroatoms. The molecule has 8 nitrogen and oxygen atoms in total. The van der Waals surface area contributed by atoms with Crippen LogP contribution < -0.4 is 10.9 Å². The molecule has 0 radical (unpaired) electrons. The third kappa shape index (κ3) is 5.41. The van der Waals surface area contributed by atoms with Gasteiger partial charge < -0.3 is 19.9 Å². The van der Waals surface area contributed by atoms with E-state index in [0.717, 1.165) is 0 Å². The fourth-order valence-electron chi connectivity index (χ4n) is 3.57. The Bertz CT molecular complexity index is 1120. The summed E-state index contributed by atoms with van der Waals surface area (Å²) in [5.41, 5.74) is 0.250. The van der Waals surface area contributed by atoms with E-state index in [4.69, 9.17) is 17.0 Å². The van der Waals surface area contributed by atoms with Gasteiger partial charge >= 0.3 is 6.09 Å². The molecule has 1 aliphatic heterocycles. The van der Waals surface area contributed by atoms with Crippen LogP contribution in [-0.2, 0) is 11.3 Å². The highest BCUT2D eigenvalue weighted by molar-refractivity contribution is 7.71. The van der Waals surface area contributed by atoms with Crippen LogP contribution in [0, 0.1) is 4.77 Å². The number of fused-ring (bicyclic) bond motifs is 1. The maximum Gasteiger partial charge on any atom is 0.407 e. The fraction of sp³-hybridized carbons (Fsp3) is 0.455. The van der Waals surface area contributed by atoms with Gasteiger partial charge in [0.2, 0.25) is 0 Å². The highest BCUT2D eigenvalue weighted by Gasteiger charge is 2.26. The van der Waals surface area contributed by atoms with Gasteiger partial charge in [0.1, 0.15) is 5.60 Å². The summed E-state index contributed by atoms with van der Waals surface area (Å²) in [7, 11) is 0. The number of amides is 2. The molecule has 0 aliphatic carbocycles. The lowest BCUT2D eigenvalue weighted by Crippen LogP contribution is -2.47. The molecule has 2 N–H and O–H groups in total. The second kappa shape index (κ2) is 9.05. The summed E-state index contributed by atoms with van der Waals surface area (Å²) in [6, 6.07) is 4.94. The lowest BCUT2D eigenvalue weighted by Gasteiger charge is -2.33. The number of alkyl carbamates (subject to hydrolysis) is 1. The Kier molecular flexibility index (Phi) is 6.64. The lowest BCUT2D eigenvalue weighted by molar-refractivity contribution is 0.0473. The van der Waals surface area contributed by atoms with Crippen molar-refractivity contribution >= 4 is 35.1 Å². The van der Waals surface area contributed by atoms with Gasteiger partial charge in [0.05, 0.1) is 10.9 Å². The average molecular weight is 445 g/mol. The van der Waals surface area contributed by atoms with Crippen LogP contribution >= 0.6 is 12.2 Å². The highest BCUT2D eigenvalue weighted by atomic mass is 32.1. The van der Waals surface area contributed by atoms with Crippen LogP contribution in [0.3, 0.4) is 0 Å². The molecule has 166 valence electrons. The van der Waals surface area contributed by atoms with Crippen LogP contribution in [0.25, 0.3) is 10.9 Å². The molecule has 1 saturated heterocycles. The monoisotopic (exact) mass is 444 g/mol. The molecule has 0 unspecified atom stereocenters. The number of H-pyrrole nitrogens is 1. The van der Waals surface area contributed by atoms with E-state index in [2.05, 4.69) is 16.9 Å². The number of ether oxygens (including phenoxy) is 1. The third-order valence-corrected chi connectivity index (χ3v) is 5.37.